The molecule has 14 heteroatoms. The molecule has 2 aromatic carbocycles. The van der Waals surface area contributed by atoms with Gasteiger partial charge in [-0.25, -0.2) is 9.37 Å². The molecule has 2 atom stereocenters. The average molecular weight is 776 g/mol. The number of carbonyl (C=O) groups is 2. The predicted molar refractivity (Wildman–Crippen MR) is 207 cm³/mol. The van der Waals surface area contributed by atoms with Gasteiger partial charge < -0.3 is 15.4 Å². The molecular weight excluding hydrogens is 730 g/mol. The highest BCUT2D eigenvalue weighted by Gasteiger charge is 2.35. The van der Waals surface area contributed by atoms with Gasteiger partial charge in [0.25, 0.3) is 0 Å². The molecule has 11 nitrogen and oxygen atoms in total. The van der Waals surface area contributed by atoms with Crippen LogP contribution in [-0.4, -0.2) is 75.1 Å². The third-order valence-corrected chi connectivity index (χ3v) is 12.4. The number of piperidine rings is 1. The lowest BCUT2D eigenvalue weighted by Gasteiger charge is -2.39. The van der Waals surface area contributed by atoms with Gasteiger partial charge in [0, 0.05) is 92.0 Å². The van der Waals surface area contributed by atoms with E-state index in [9.17, 15) is 14.0 Å². The third-order valence-electron chi connectivity index (χ3n) is 11.6. The zero-order chi connectivity index (χ0) is 37.5. The summed E-state index contributed by atoms with van der Waals surface area (Å²) in [6.45, 7) is 8.46. The Bertz CT molecular complexity index is 2050. The maximum Gasteiger partial charge on any atom is 0.243 e. The first-order valence-corrected chi connectivity index (χ1v) is 19.6. The first-order valence-electron chi connectivity index (χ1n) is 18.9. The monoisotopic (exact) mass is 774 g/mol. The van der Waals surface area contributed by atoms with Crippen LogP contribution in [0.15, 0.2) is 55.0 Å². The number of imide groups is 1. The summed E-state index contributed by atoms with van der Waals surface area (Å²) < 4.78 is 22.3. The van der Waals surface area contributed by atoms with E-state index in [1.54, 1.807) is 13.1 Å². The van der Waals surface area contributed by atoms with Gasteiger partial charge in [-0.1, -0.05) is 29.3 Å². The summed E-state index contributed by atoms with van der Waals surface area (Å²) in [5, 5.41) is 7.47. The maximum absolute atomic E-state index is 14.2. The number of benzene rings is 2. The molecule has 4 aliphatic rings. The van der Waals surface area contributed by atoms with Crippen LogP contribution >= 0.6 is 23.2 Å². The van der Waals surface area contributed by atoms with Gasteiger partial charge in [-0.3, -0.25) is 29.4 Å². The number of hydrogen-bond donors (Lipinski definition) is 2. The van der Waals surface area contributed by atoms with Crippen molar-refractivity contribution in [2.24, 2.45) is 5.92 Å². The number of ether oxygens (including phenoxy) is 1. The fourth-order valence-electron chi connectivity index (χ4n) is 8.56. The lowest BCUT2D eigenvalue weighted by molar-refractivity contribution is -0.137. The number of piperazine rings is 1. The number of carbonyl (C=O) groups excluding carboxylic acids is 2. The van der Waals surface area contributed by atoms with Crippen LogP contribution in [-0.2, 0) is 22.7 Å². The van der Waals surface area contributed by atoms with Gasteiger partial charge in [-0.2, -0.15) is 5.10 Å². The highest BCUT2D eigenvalue weighted by atomic mass is 35.5. The number of nitrogens with two attached hydrogens (primary N) is 1. The van der Waals surface area contributed by atoms with Crippen LogP contribution in [0.1, 0.15) is 74.3 Å². The molecule has 3 N–H and O–H groups in total. The number of nitrogen functional groups attached to an aromatic ring is 1. The van der Waals surface area contributed by atoms with Crippen LogP contribution in [0.4, 0.5) is 15.9 Å². The number of nitrogens with zero attached hydrogens (tertiary/aromatic N) is 6. The first-order chi connectivity index (χ1) is 26.1. The number of aromatic nitrogens is 3. The van der Waals surface area contributed by atoms with E-state index in [4.69, 9.17) is 38.8 Å². The van der Waals surface area contributed by atoms with E-state index in [0.29, 0.717) is 41.1 Å². The smallest absolute Gasteiger partial charge is 0.243 e. The average Bonchev–Trinajstić information content (AvgIpc) is 3.83. The minimum Gasteiger partial charge on any atom is -0.482 e. The fourth-order valence-corrected chi connectivity index (χ4v) is 9.24. The first kappa shape index (κ1) is 36.7. The van der Waals surface area contributed by atoms with Crippen molar-refractivity contribution in [3.8, 4) is 16.9 Å². The van der Waals surface area contributed by atoms with Crippen molar-refractivity contribution in [3.05, 3.63) is 87.5 Å². The molecule has 0 bridgehead atoms. The Hall–Kier alpha value is -4.23. The zero-order valence-electron chi connectivity index (χ0n) is 30.3. The van der Waals surface area contributed by atoms with Crippen LogP contribution in [0.3, 0.4) is 0 Å². The molecule has 4 aromatic rings. The number of hydrogen-bond acceptors (Lipinski definition) is 9. The second-order valence-corrected chi connectivity index (χ2v) is 15.9. The highest BCUT2D eigenvalue weighted by molar-refractivity contribution is 6.36. The zero-order valence-corrected chi connectivity index (χ0v) is 31.8. The van der Waals surface area contributed by atoms with Crippen LogP contribution in [0.25, 0.3) is 11.1 Å². The number of anilines is 2. The van der Waals surface area contributed by atoms with Crippen molar-refractivity contribution >= 4 is 46.5 Å². The van der Waals surface area contributed by atoms with Crippen molar-refractivity contribution in [2.45, 2.75) is 76.7 Å². The Balaban J connectivity index is 0.810. The van der Waals surface area contributed by atoms with Crippen molar-refractivity contribution in [1.29, 1.82) is 0 Å². The van der Waals surface area contributed by atoms with Crippen molar-refractivity contribution in [2.75, 3.05) is 43.4 Å². The number of halogens is 3. The molecule has 2 saturated heterocycles. The number of pyridine rings is 1. The Kier molecular flexibility index (Phi) is 10.5. The summed E-state index contributed by atoms with van der Waals surface area (Å²) in [6, 6.07) is 11.4. The Morgan fingerprint density at radius 2 is 1.74 bits per heavy atom. The quantitative estimate of drug-likeness (QED) is 0.140. The minimum absolute atomic E-state index is 0.0779. The standard InChI is InChI=1S/C40H45Cl2FN8O3/c1-24(37-32(41)8-9-33(43)38(37)42)54-35-17-27(18-45-39(35)44)29-19-46-51(23-29)30-5-2-25(3-6-30)20-48-12-14-49(15-13-48)31-7-4-26-21-50(22-28(26)16-31)34-10-11-36(52)47-40(34)53/h4,7-9,16-19,23-25,30,34H,2-3,5-6,10-15,20-22H2,1H3,(H2,44,45)(H,47,52,53)/t24-,25?,30?,34?/m1/s1. The number of nitrogens with one attached hydrogen (secondary N) is 1. The summed E-state index contributed by atoms with van der Waals surface area (Å²) in [7, 11) is 0. The van der Waals surface area contributed by atoms with Gasteiger partial charge in [0.05, 0.1) is 23.3 Å². The Morgan fingerprint density at radius 1 is 0.963 bits per heavy atom. The summed E-state index contributed by atoms with van der Waals surface area (Å²) in [4.78, 5) is 35.7. The molecule has 2 aromatic heterocycles. The lowest BCUT2D eigenvalue weighted by atomic mass is 9.85. The van der Waals surface area contributed by atoms with Crippen LogP contribution in [0.2, 0.25) is 10.0 Å². The summed E-state index contributed by atoms with van der Waals surface area (Å²) in [5.74, 6) is 0.338. The second kappa shape index (κ2) is 15.5. The normalized spacial score (nSPS) is 23.0. The molecule has 284 valence electrons. The Labute approximate surface area is 324 Å². The second-order valence-electron chi connectivity index (χ2n) is 15.1. The molecule has 1 unspecified atom stereocenters. The van der Waals surface area contributed by atoms with E-state index >= 15 is 0 Å². The van der Waals surface area contributed by atoms with Crippen molar-refractivity contribution in [3.63, 3.8) is 0 Å². The molecular formula is C40H45Cl2FN8O3. The number of fused-ring (bicyclic) bond motifs is 1. The third kappa shape index (κ3) is 7.66. The van der Waals surface area contributed by atoms with Gasteiger partial charge in [0.1, 0.15) is 11.9 Å². The summed E-state index contributed by atoms with van der Waals surface area (Å²) >= 11 is 12.5. The van der Waals surface area contributed by atoms with E-state index in [0.717, 1.165) is 69.8 Å². The predicted octanol–water partition coefficient (Wildman–Crippen LogP) is 6.79. The molecule has 1 aliphatic carbocycles. The van der Waals surface area contributed by atoms with Crippen molar-refractivity contribution < 1.29 is 18.7 Å². The van der Waals surface area contributed by atoms with E-state index in [1.807, 2.05) is 12.3 Å². The molecule has 0 spiro atoms. The summed E-state index contributed by atoms with van der Waals surface area (Å²) in [6.07, 6.45) is 10.4. The van der Waals surface area contributed by atoms with Crippen LogP contribution in [0.5, 0.6) is 5.75 Å². The van der Waals surface area contributed by atoms with Gasteiger partial charge in [0.2, 0.25) is 11.8 Å². The SMILES string of the molecule is C[C@@H](Oc1cc(-c2cnn(C3CCC(CN4CCN(c5ccc6c(c5)CN(C5CCC(=O)NC5=O)C6)CC4)CC3)c2)cnc1N)c1c(Cl)ccc(F)c1Cl. The Morgan fingerprint density at radius 3 is 2.52 bits per heavy atom. The maximum atomic E-state index is 14.2. The number of rotatable bonds is 9. The molecule has 0 radical (unpaired) electrons. The molecule has 8 rings (SSSR count). The molecule has 5 heterocycles. The topological polar surface area (TPSA) is 122 Å². The lowest BCUT2D eigenvalue weighted by Crippen LogP contribution is -2.50. The van der Waals surface area contributed by atoms with Gasteiger partial charge in [-0.05, 0) is 86.4 Å². The van der Waals surface area contributed by atoms with Crippen LogP contribution in [0, 0.1) is 11.7 Å². The summed E-state index contributed by atoms with van der Waals surface area (Å²) in [5.41, 5.74) is 12.1. The minimum atomic E-state index is -0.659. The van der Waals surface area contributed by atoms with E-state index < -0.39 is 11.9 Å². The van der Waals surface area contributed by atoms with E-state index in [1.165, 1.54) is 41.8 Å². The van der Waals surface area contributed by atoms with E-state index in [-0.39, 0.29) is 28.7 Å². The number of amides is 2. The molecule has 54 heavy (non-hydrogen) atoms. The van der Waals surface area contributed by atoms with Gasteiger partial charge in [0.15, 0.2) is 11.6 Å². The van der Waals surface area contributed by atoms with Gasteiger partial charge in [-0.15, -0.1) is 0 Å². The highest BCUT2D eigenvalue weighted by Crippen LogP contribution is 2.38. The van der Waals surface area contributed by atoms with E-state index in [2.05, 4.69) is 54.1 Å². The van der Waals surface area contributed by atoms with Crippen LogP contribution < -0.4 is 20.7 Å². The van der Waals surface area contributed by atoms with Gasteiger partial charge >= 0.3 is 0 Å². The molecule has 3 fully saturated rings. The molecule has 1 saturated carbocycles. The van der Waals surface area contributed by atoms with Crippen molar-refractivity contribution in [1.82, 2.24) is 29.9 Å². The molecule has 2 amide bonds. The molecule has 3 aliphatic heterocycles. The largest absolute Gasteiger partial charge is 0.482 e. The fraction of sp³-hybridized carbons (Fsp3) is 0.450.